The highest BCUT2D eigenvalue weighted by Gasteiger charge is 2.42. The largest absolute Gasteiger partial charge is 0.445 e. The highest BCUT2D eigenvalue weighted by molar-refractivity contribution is 14.1. The van der Waals surface area contributed by atoms with Crippen molar-refractivity contribution in [1.29, 1.82) is 0 Å². The van der Waals surface area contributed by atoms with E-state index in [1.54, 1.807) is 0 Å². The Kier molecular flexibility index (Phi) is 4.58. The van der Waals surface area contributed by atoms with Crippen molar-refractivity contribution < 1.29 is 9.53 Å². The van der Waals surface area contributed by atoms with Gasteiger partial charge in [-0.2, -0.15) is 0 Å². The van der Waals surface area contributed by atoms with E-state index in [4.69, 9.17) is 4.74 Å². The van der Waals surface area contributed by atoms with Crippen LogP contribution in [0.4, 0.5) is 10.5 Å². The van der Waals surface area contributed by atoms with Crippen LogP contribution in [0.25, 0.3) is 0 Å². The molecule has 0 saturated carbocycles. The Morgan fingerprint density at radius 3 is 2.68 bits per heavy atom. The van der Waals surface area contributed by atoms with Crippen molar-refractivity contribution in [3.8, 4) is 0 Å². The van der Waals surface area contributed by atoms with Gasteiger partial charge in [-0.3, -0.25) is 0 Å². The molecular weight excluding hydrogens is 427 g/mol. The smallest absolute Gasteiger partial charge is 0.410 e. The molecule has 2 aromatic rings. The number of amides is 1. The van der Waals surface area contributed by atoms with Gasteiger partial charge in [0.2, 0.25) is 0 Å². The van der Waals surface area contributed by atoms with Crippen LogP contribution in [0, 0.1) is 3.57 Å². The fourth-order valence-electron chi connectivity index (χ4n) is 3.86. The molecule has 5 heteroatoms. The first-order valence-corrected chi connectivity index (χ1v) is 9.74. The molecule has 2 heterocycles. The molecular formula is C20H21IN2O2. The van der Waals surface area contributed by atoms with Crippen LogP contribution in [0.3, 0.4) is 0 Å². The monoisotopic (exact) mass is 448 g/mol. The first-order chi connectivity index (χ1) is 12.2. The summed E-state index contributed by atoms with van der Waals surface area (Å²) in [7, 11) is 0. The quantitative estimate of drug-likeness (QED) is 0.694. The van der Waals surface area contributed by atoms with Crippen molar-refractivity contribution in [2.45, 2.75) is 24.9 Å². The molecule has 4 nitrogen and oxygen atoms in total. The number of fused-ring (bicyclic) bond motifs is 2. The summed E-state index contributed by atoms with van der Waals surface area (Å²) in [5.74, 6) is 0. The Balaban J connectivity index is 1.37. The molecule has 130 valence electrons. The summed E-state index contributed by atoms with van der Waals surface area (Å²) in [5.41, 5.74) is 3.85. The molecule has 2 aliphatic rings. The van der Waals surface area contributed by atoms with Crippen LogP contribution in [0.5, 0.6) is 0 Å². The molecule has 1 fully saturated rings. The summed E-state index contributed by atoms with van der Waals surface area (Å²) >= 11 is 2.35. The highest BCUT2D eigenvalue weighted by Crippen LogP contribution is 2.44. The van der Waals surface area contributed by atoms with Crippen molar-refractivity contribution in [2.75, 3.05) is 25.0 Å². The minimum Gasteiger partial charge on any atom is -0.445 e. The van der Waals surface area contributed by atoms with Crippen LogP contribution >= 0.6 is 22.6 Å². The van der Waals surface area contributed by atoms with Gasteiger partial charge in [0.05, 0.1) is 0 Å². The van der Waals surface area contributed by atoms with E-state index in [0.717, 1.165) is 38.0 Å². The van der Waals surface area contributed by atoms with Gasteiger partial charge in [0.15, 0.2) is 0 Å². The minimum absolute atomic E-state index is 0.163. The summed E-state index contributed by atoms with van der Waals surface area (Å²) in [6.45, 7) is 2.81. The number of likely N-dealkylation sites (tertiary alicyclic amines) is 1. The Hall–Kier alpha value is -1.76. The molecule has 0 radical (unpaired) electrons. The number of ether oxygens (including phenoxy) is 1. The number of benzene rings is 2. The molecule has 25 heavy (non-hydrogen) atoms. The topological polar surface area (TPSA) is 41.6 Å². The SMILES string of the molecule is O=C(OCc1ccccc1)N1CCC2(CC1)CNc1cc(I)ccc12. The number of halogens is 1. The van der Waals surface area contributed by atoms with Gasteiger partial charge in [0, 0.05) is 34.3 Å². The van der Waals surface area contributed by atoms with E-state index in [1.807, 2.05) is 35.2 Å². The zero-order chi connectivity index (χ0) is 17.3. The van der Waals surface area contributed by atoms with E-state index >= 15 is 0 Å². The lowest BCUT2D eigenvalue weighted by Crippen LogP contribution is -2.46. The van der Waals surface area contributed by atoms with E-state index in [1.165, 1.54) is 14.8 Å². The van der Waals surface area contributed by atoms with E-state index in [0.29, 0.717) is 6.61 Å². The van der Waals surface area contributed by atoms with Crippen LogP contribution < -0.4 is 5.32 Å². The number of piperidine rings is 1. The van der Waals surface area contributed by atoms with Crippen molar-refractivity contribution in [3.05, 3.63) is 63.2 Å². The first-order valence-electron chi connectivity index (χ1n) is 8.66. The molecule has 4 rings (SSSR count). The second-order valence-electron chi connectivity index (χ2n) is 6.85. The molecule has 0 aliphatic carbocycles. The summed E-state index contributed by atoms with van der Waals surface area (Å²) in [4.78, 5) is 14.2. The number of nitrogens with one attached hydrogen (secondary N) is 1. The van der Waals surface area contributed by atoms with Gasteiger partial charge in [-0.15, -0.1) is 0 Å². The van der Waals surface area contributed by atoms with Gasteiger partial charge >= 0.3 is 6.09 Å². The van der Waals surface area contributed by atoms with Crippen LogP contribution in [-0.2, 0) is 16.8 Å². The number of rotatable bonds is 2. The zero-order valence-corrected chi connectivity index (χ0v) is 16.2. The van der Waals surface area contributed by atoms with Crippen molar-refractivity contribution in [1.82, 2.24) is 4.90 Å². The molecule has 1 N–H and O–H groups in total. The average molecular weight is 448 g/mol. The van der Waals surface area contributed by atoms with Gasteiger partial charge in [-0.05, 0) is 58.7 Å². The van der Waals surface area contributed by atoms with Gasteiger partial charge in [0.1, 0.15) is 6.61 Å². The molecule has 0 unspecified atom stereocenters. The molecule has 1 saturated heterocycles. The van der Waals surface area contributed by atoms with Crippen LogP contribution in [0.15, 0.2) is 48.5 Å². The number of hydrogen-bond acceptors (Lipinski definition) is 3. The summed E-state index contributed by atoms with van der Waals surface area (Å²) in [6.07, 6.45) is 1.76. The summed E-state index contributed by atoms with van der Waals surface area (Å²) in [6, 6.07) is 16.5. The fraction of sp³-hybridized carbons (Fsp3) is 0.350. The molecule has 1 amide bonds. The van der Waals surface area contributed by atoms with Crippen LogP contribution in [-0.4, -0.2) is 30.6 Å². The number of anilines is 1. The van der Waals surface area contributed by atoms with E-state index in [2.05, 4.69) is 46.1 Å². The maximum atomic E-state index is 12.4. The molecule has 1 spiro atoms. The standard InChI is InChI=1S/C20H21IN2O2/c21-16-6-7-17-18(12-16)22-14-20(17)8-10-23(11-9-20)19(24)25-13-15-4-2-1-3-5-15/h1-7,12,22H,8-11,13-14H2. The Bertz CT molecular complexity index is 771. The van der Waals surface area contributed by atoms with Crippen LogP contribution in [0.1, 0.15) is 24.0 Å². The highest BCUT2D eigenvalue weighted by atomic mass is 127. The maximum Gasteiger partial charge on any atom is 0.410 e. The molecule has 2 aromatic carbocycles. The number of hydrogen-bond donors (Lipinski definition) is 1. The average Bonchev–Trinajstić information content (AvgIpc) is 2.98. The minimum atomic E-state index is -0.201. The maximum absolute atomic E-state index is 12.4. The Morgan fingerprint density at radius 1 is 1.16 bits per heavy atom. The van der Waals surface area contributed by atoms with Crippen molar-refractivity contribution >= 4 is 34.4 Å². The fourth-order valence-corrected chi connectivity index (χ4v) is 4.35. The van der Waals surface area contributed by atoms with Crippen molar-refractivity contribution in [2.24, 2.45) is 0 Å². The van der Waals surface area contributed by atoms with E-state index in [-0.39, 0.29) is 11.5 Å². The Labute approximate surface area is 161 Å². The van der Waals surface area contributed by atoms with Crippen molar-refractivity contribution in [3.63, 3.8) is 0 Å². The van der Waals surface area contributed by atoms with Gasteiger partial charge < -0.3 is 15.0 Å². The van der Waals surface area contributed by atoms with E-state index < -0.39 is 0 Å². The predicted octanol–water partition coefficient (Wildman–Crippen LogP) is 4.39. The summed E-state index contributed by atoms with van der Waals surface area (Å²) in [5, 5.41) is 3.55. The first kappa shape index (κ1) is 16.7. The van der Waals surface area contributed by atoms with E-state index in [9.17, 15) is 4.79 Å². The second-order valence-corrected chi connectivity index (χ2v) is 8.10. The van der Waals surface area contributed by atoms with Crippen LogP contribution in [0.2, 0.25) is 0 Å². The second kappa shape index (κ2) is 6.86. The lowest BCUT2D eigenvalue weighted by Gasteiger charge is -2.38. The van der Waals surface area contributed by atoms with Gasteiger partial charge in [-0.1, -0.05) is 36.4 Å². The third-order valence-corrected chi connectivity index (χ3v) is 6.03. The number of carbonyl (C=O) groups excluding carboxylic acids is 1. The lowest BCUT2D eigenvalue weighted by atomic mass is 9.74. The Morgan fingerprint density at radius 2 is 1.92 bits per heavy atom. The summed E-state index contributed by atoms with van der Waals surface area (Å²) < 4.78 is 6.73. The molecule has 0 bridgehead atoms. The lowest BCUT2D eigenvalue weighted by molar-refractivity contribution is 0.0794. The zero-order valence-electron chi connectivity index (χ0n) is 14.0. The molecule has 2 aliphatic heterocycles. The van der Waals surface area contributed by atoms with Gasteiger partial charge in [0.25, 0.3) is 0 Å². The third kappa shape index (κ3) is 3.34. The normalized spacial score (nSPS) is 17.9. The molecule has 0 aromatic heterocycles. The number of nitrogens with zero attached hydrogens (tertiary/aromatic N) is 1. The number of carbonyl (C=O) groups is 1. The van der Waals surface area contributed by atoms with Gasteiger partial charge in [-0.25, -0.2) is 4.79 Å². The molecule has 0 atom stereocenters. The predicted molar refractivity (Wildman–Crippen MR) is 107 cm³/mol. The third-order valence-electron chi connectivity index (χ3n) is 5.35.